The van der Waals surface area contributed by atoms with E-state index in [9.17, 15) is 9.59 Å². The molecule has 20 heavy (non-hydrogen) atoms. The van der Waals surface area contributed by atoms with Crippen molar-refractivity contribution >= 4 is 5.91 Å². The SMILES string of the molecule is Cc1ccccc1CC(C)NC(=O)c1cc[nH]c(=O)c1. The smallest absolute Gasteiger partial charge is 0.251 e. The summed E-state index contributed by atoms with van der Waals surface area (Å²) in [4.78, 5) is 25.7. The van der Waals surface area contributed by atoms with Crippen molar-refractivity contribution in [2.45, 2.75) is 26.3 Å². The molecule has 0 bridgehead atoms. The number of hydrogen-bond acceptors (Lipinski definition) is 2. The highest BCUT2D eigenvalue weighted by Gasteiger charge is 2.11. The summed E-state index contributed by atoms with van der Waals surface area (Å²) in [6.45, 7) is 4.01. The van der Waals surface area contributed by atoms with Crippen LogP contribution in [0.5, 0.6) is 0 Å². The predicted molar refractivity (Wildman–Crippen MR) is 78.9 cm³/mol. The van der Waals surface area contributed by atoms with Crippen LogP contribution in [0.2, 0.25) is 0 Å². The molecule has 2 rings (SSSR count). The standard InChI is InChI=1S/C16H18N2O2/c1-11-5-3-4-6-13(11)9-12(2)18-16(20)14-7-8-17-15(19)10-14/h3-8,10,12H,9H2,1-2H3,(H,17,19)(H,18,20). The van der Waals surface area contributed by atoms with Gasteiger partial charge in [-0.2, -0.15) is 0 Å². The highest BCUT2D eigenvalue weighted by molar-refractivity contribution is 5.94. The quantitative estimate of drug-likeness (QED) is 0.893. The Morgan fingerprint density at radius 2 is 2.05 bits per heavy atom. The number of hydrogen-bond donors (Lipinski definition) is 2. The molecular weight excluding hydrogens is 252 g/mol. The van der Waals surface area contributed by atoms with Gasteiger partial charge in [0.15, 0.2) is 0 Å². The average Bonchev–Trinajstić information content (AvgIpc) is 2.41. The zero-order chi connectivity index (χ0) is 14.5. The number of carbonyl (C=O) groups excluding carboxylic acids is 1. The minimum atomic E-state index is -0.274. The lowest BCUT2D eigenvalue weighted by Crippen LogP contribution is -2.34. The summed E-state index contributed by atoms with van der Waals surface area (Å²) in [6.07, 6.45) is 2.24. The maximum Gasteiger partial charge on any atom is 0.251 e. The Morgan fingerprint density at radius 3 is 2.75 bits per heavy atom. The van der Waals surface area contributed by atoms with Crippen LogP contribution >= 0.6 is 0 Å². The second-order valence-electron chi connectivity index (χ2n) is 4.95. The van der Waals surface area contributed by atoms with Gasteiger partial charge in [0.25, 0.3) is 5.91 Å². The number of amides is 1. The molecule has 0 radical (unpaired) electrons. The first-order valence-electron chi connectivity index (χ1n) is 6.60. The van der Waals surface area contributed by atoms with Gasteiger partial charge in [-0.25, -0.2) is 0 Å². The summed E-state index contributed by atoms with van der Waals surface area (Å²) >= 11 is 0. The van der Waals surface area contributed by atoms with E-state index in [1.165, 1.54) is 23.4 Å². The highest BCUT2D eigenvalue weighted by Crippen LogP contribution is 2.09. The molecule has 1 unspecified atom stereocenters. The van der Waals surface area contributed by atoms with E-state index >= 15 is 0 Å². The van der Waals surface area contributed by atoms with Crippen LogP contribution in [0.3, 0.4) is 0 Å². The van der Waals surface area contributed by atoms with Gasteiger partial charge >= 0.3 is 0 Å². The van der Waals surface area contributed by atoms with E-state index in [1.807, 2.05) is 19.1 Å². The van der Waals surface area contributed by atoms with E-state index in [4.69, 9.17) is 0 Å². The van der Waals surface area contributed by atoms with Crippen LogP contribution in [0.1, 0.15) is 28.4 Å². The van der Waals surface area contributed by atoms with Gasteiger partial charge in [0, 0.05) is 23.9 Å². The third-order valence-corrected chi connectivity index (χ3v) is 3.20. The molecule has 0 fully saturated rings. The number of H-pyrrole nitrogens is 1. The topological polar surface area (TPSA) is 62.0 Å². The van der Waals surface area contributed by atoms with Gasteiger partial charge in [0.2, 0.25) is 5.56 Å². The van der Waals surface area contributed by atoms with Crippen LogP contribution in [0.15, 0.2) is 47.4 Å². The lowest BCUT2D eigenvalue weighted by atomic mass is 10.0. The normalized spacial score (nSPS) is 11.9. The molecule has 4 heteroatoms. The Kier molecular flexibility index (Phi) is 4.35. The largest absolute Gasteiger partial charge is 0.349 e. The van der Waals surface area contributed by atoms with Crippen LogP contribution in [0.25, 0.3) is 0 Å². The molecule has 4 nitrogen and oxygen atoms in total. The Labute approximate surface area is 117 Å². The Balaban J connectivity index is 2.01. The number of nitrogens with one attached hydrogen (secondary N) is 2. The zero-order valence-corrected chi connectivity index (χ0v) is 11.6. The average molecular weight is 270 g/mol. The van der Waals surface area contributed by atoms with Gasteiger partial charge in [0.1, 0.15) is 0 Å². The monoisotopic (exact) mass is 270 g/mol. The van der Waals surface area contributed by atoms with Gasteiger partial charge in [0.05, 0.1) is 0 Å². The molecule has 104 valence electrons. The first-order chi connectivity index (χ1) is 9.56. The molecule has 0 aliphatic rings. The molecule has 2 N–H and O–H groups in total. The van der Waals surface area contributed by atoms with Gasteiger partial charge in [-0.15, -0.1) is 0 Å². The van der Waals surface area contributed by atoms with Crippen LogP contribution in [0.4, 0.5) is 0 Å². The Hall–Kier alpha value is -2.36. The summed E-state index contributed by atoms with van der Waals surface area (Å²) in [6, 6.07) is 11.0. The molecule has 0 saturated heterocycles. The number of aryl methyl sites for hydroxylation is 1. The molecule has 0 spiro atoms. The number of benzene rings is 1. The Morgan fingerprint density at radius 1 is 1.30 bits per heavy atom. The highest BCUT2D eigenvalue weighted by atomic mass is 16.2. The molecule has 2 aromatic rings. The lowest BCUT2D eigenvalue weighted by molar-refractivity contribution is 0.0940. The molecular formula is C16H18N2O2. The van der Waals surface area contributed by atoms with Crippen molar-refractivity contribution in [1.29, 1.82) is 0 Å². The zero-order valence-electron chi connectivity index (χ0n) is 11.6. The summed E-state index contributed by atoms with van der Waals surface area (Å²) in [7, 11) is 0. The molecule has 0 saturated carbocycles. The van der Waals surface area contributed by atoms with Crippen LogP contribution in [0, 0.1) is 6.92 Å². The van der Waals surface area contributed by atoms with Crippen molar-refractivity contribution in [2.24, 2.45) is 0 Å². The number of aromatic amines is 1. The van der Waals surface area contributed by atoms with Crippen molar-refractivity contribution in [2.75, 3.05) is 0 Å². The number of aromatic nitrogens is 1. The van der Waals surface area contributed by atoms with Gasteiger partial charge < -0.3 is 10.3 Å². The Bertz CT molecular complexity index is 661. The second kappa shape index (κ2) is 6.19. The maximum absolute atomic E-state index is 12.0. The van der Waals surface area contributed by atoms with E-state index in [0.29, 0.717) is 5.56 Å². The van der Waals surface area contributed by atoms with Crippen molar-refractivity contribution in [3.05, 3.63) is 69.6 Å². The first-order valence-corrected chi connectivity index (χ1v) is 6.60. The molecule has 0 aliphatic carbocycles. The molecule has 1 heterocycles. The van der Waals surface area contributed by atoms with Crippen molar-refractivity contribution in [3.8, 4) is 0 Å². The molecule has 1 atom stereocenters. The molecule has 0 aliphatic heterocycles. The van der Waals surface area contributed by atoms with Crippen molar-refractivity contribution < 1.29 is 4.79 Å². The van der Waals surface area contributed by atoms with Crippen molar-refractivity contribution in [1.82, 2.24) is 10.3 Å². The maximum atomic E-state index is 12.0. The van der Waals surface area contributed by atoms with E-state index in [2.05, 4.69) is 29.4 Å². The summed E-state index contributed by atoms with van der Waals surface area (Å²) < 4.78 is 0. The molecule has 1 aromatic heterocycles. The van der Waals surface area contributed by atoms with E-state index in [1.54, 1.807) is 6.07 Å². The van der Waals surface area contributed by atoms with Crippen molar-refractivity contribution in [3.63, 3.8) is 0 Å². The number of rotatable bonds is 4. The van der Waals surface area contributed by atoms with Gasteiger partial charge in [-0.1, -0.05) is 24.3 Å². The predicted octanol–water partition coefficient (Wildman–Crippen LogP) is 2.04. The number of carbonyl (C=O) groups is 1. The summed E-state index contributed by atoms with van der Waals surface area (Å²) in [5.74, 6) is -0.225. The lowest BCUT2D eigenvalue weighted by Gasteiger charge is -2.15. The van der Waals surface area contributed by atoms with E-state index in [0.717, 1.165) is 6.42 Å². The summed E-state index contributed by atoms with van der Waals surface area (Å²) in [5.41, 5.74) is 2.53. The van der Waals surface area contributed by atoms with Crippen LogP contribution in [-0.2, 0) is 6.42 Å². The summed E-state index contributed by atoms with van der Waals surface area (Å²) in [5, 5.41) is 2.91. The van der Waals surface area contributed by atoms with Gasteiger partial charge in [-0.3, -0.25) is 9.59 Å². The fourth-order valence-electron chi connectivity index (χ4n) is 2.11. The molecule has 1 aromatic carbocycles. The fraction of sp³-hybridized carbons (Fsp3) is 0.250. The van der Waals surface area contributed by atoms with Crippen LogP contribution in [-0.4, -0.2) is 16.9 Å². The third-order valence-electron chi connectivity index (χ3n) is 3.20. The minimum Gasteiger partial charge on any atom is -0.349 e. The minimum absolute atomic E-state index is 0.00267. The fourth-order valence-corrected chi connectivity index (χ4v) is 2.11. The van der Waals surface area contributed by atoms with Crippen LogP contribution < -0.4 is 10.9 Å². The molecule has 1 amide bonds. The second-order valence-corrected chi connectivity index (χ2v) is 4.95. The number of pyridine rings is 1. The van der Waals surface area contributed by atoms with E-state index < -0.39 is 0 Å². The van der Waals surface area contributed by atoms with Gasteiger partial charge in [-0.05, 0) is 37.5 Å². The first kappa shape index (κ1) is 14.1. The van der Waals surface area contributed by atoms with E-state index in [-0.39, 0.29) is 17.5 Å². The third kappa shape index (κ3) is 3.57.